The lowest BCUT2D eigenvalue weighted by Gasteiger charge is -2.17. The summed E-state index contributed by atoms with van der Waals surface area (Å²) in [6.45, 7) is 5.79. The van der Waals surface area contributed by atoms with E-state index in [1.807, 2.05) is 25.5 Å². The maximum Gasteiger partial charge on any atom is 0.300 e. The van der Waals surface area contributed by atoms with Crippen LogP contribution in [0.3, 0.4) is 0 Å². The van der Waals surface area contributed by atoms with E-state index in [0.717, 1.165) is 0 Å². The first-order valence-corrected chi connectivity index (χ1v) is 9.71. The van der Waals surface area contributed by atoms with Crippen LogP contribution >= 0.6 is 0 Å². The molecule has 142 valence electrons. The number of furan rings is 1. The zero-order valence-corrected chi connectivity index (χ0v) is 15.7. The first kappa shape index (κ1) is 20.0. The molecule has 0 fully saturated rings. The van der Waals surface area contributed by atoms with Gasteiger partial charge in [0.2, 0.25) is 10.0 Å². The lowest BCUT2D eigenvalue weighted by Crippen LogP contribution is -2.33. The number of halogens is 1. The number of ether oxygens (including phenoxy) is 1. The van der Waals surface area contributed by atoms with Gasteiger partial charge in [-0.2, -0.15) is 0 Å². The van der Waals surface area contributed by atoms with Crippen molar-refractivity contribution in [1.82, 2.24) is 4.72 Å². The Morgan fingerprint density at radius 1 is 1.15 bits per heavy atom. The van der Waals surface area contributed by atoms with Crippen molar-refractivity contribution in [2.45, 2.75) is 33.8 Å². The van der Waals surface area contributed by atoms with Gasteiger partial charge in [-0.25, -0.2) is 17.5 Å². The summed E-state index contributed by atoms with van der Waals surface area (Å²) < 4.78 is 49.5. The van der Waals surface area contributed by atoms with Crippen LogP contribution in [0.1, 0.15) is 43.5 Å². The quantitative estimate of drug-likeness (QED) is 0.791. The minimum atomic E-state index is -3.74. The fraction of sp³-hybridized carbons (Fsp3) is 0.389. The molecule has 26 heavy (non-hydrogen) atoms. The van der Waals surface area contributed by atoms with E-state index in [1.165, 1.54) is 36.4 Å². The second-order valence-corrected chi connectivity index (χ2v) is 8.91. The van der Waals surface area contributed by atoms with E-state index in [1.54, 1.807) is 0 Å². The second kappa shape index (κ2) is 7.90. The zero-order valence-electron chi connectivity index (χ0n) is 14.9. The van der Waals surface area contributed by atoms with E-state index in [-0.39, 0.29) is 29.4 Å². The molecule has 6 nitrogen and oxygen atoms in total. The maximum atomic E-state index is 12.8. The molecule has 0 radical (unpaired) electrons. The maximum absolute atomic E-state index is 12.8. The van der Waals surface area contributed by atoms with E-state index in [0.29, 0.717) is 17.9 Å². The molecular formula is C18H22FNO5S. The highest BCUT2D eigenvalue weighted by atomic mass is 32.2. The van der Waals surface area contributed by atoms with Crippen LogP contribution in [0.25, 0.3) is 0 Å². The summed E-state index contributed by atoms with van der Waals surface area (Å²) in [5.41, 5.74) is -0.159. The Balaban J connectivity index is 1.91. The average Bonchev–Trinajstić information content (AvgIpc) is 3.01. The first-order chi connectivity index (χ1) is 12.0. The van der Waals surface area contributed by atoms with Crippen LogP contribution in [-0.2, 0) is 16.6 Å². The molecular weight excluding hydrogens is 361 g/mol. The molecule has 0 bridgehead atoms. The number of amides is 1. The van der Waals surface area contributed by atoms with Crippen molar-refractivity contribution in [1.29, 1.82) is 0 Å². The lowest BCUT2D eigenvalue weighted by atomic mass is 9.94. The standard InChI is InChI=1S/C18H22FNO5S/c1-18(2,3)10-11-26(22,23)20-17(21)16-9-8-15(25-16)12-24-14-6-4-13(19)5-7-14/h4-9H,10-12H2,1-3H3,(H,20,21). The molecule has 0 aliphatic rings. The Morgan fingerprint density at radius 2 is 1.81 bits per heavy atom. The van der Waals surface area contributed by atoms with Gasteiger partial charge in [0.25, 0.3) is 5.91 Å². The molecule has 0 aliphatic carbocycles. The fourth-order valence-corrected chi connectivity index (χ4v) is 3.31. The summed E-state index contributed by atoms with van der Waals surface area (Å²) in [6, 6.07) is 8.34. The van der Waals surface area contributed by atoms with Gasteiger partial charge in [-0.05, 0) is 48.2 Å². The van der Waals surface area contributed by atoms with Crippen LogP contribution in [0.5, 0.6) is 5.75 Å². The number of sulfonamides is 1. The van der Waals surface area contributed by atoms with Crippen molar-refractivity contribution in [3.05, 3.63) is 53.7 Å². The molecule has 1 N–H and O–H groups in total. The number of carbonyl (C=O) groups excluding carboxylic acids is 1. The molecule has 1 amide bonds. The minimum Gasteiger partial charge on any atom is -0.486 e. The predicted octanol–water partition coefficient (Wildman–Crippen LogP) is 3.49. The van der Waals surface area contributed by atoms with Gasteiger partial charge in [0.05, 0.1) is 5.75 Å². The molecule has 2 rings (SSSR count). The molecule has 1 aromatic carbocycles. The molecule has 0 spiro atoms. The average molecular weight is 383 g/mol. The van der Waals surface area contributed by atoms with Gasteiger partial charge in [0, 0.05) is 0 Å². The van der Waals surface area contributed by atoms with E-state index in [9.17, 15) is 17.6 Å². The SMILES string of the molecule is CC(C)(C)CCS(=O)(=O)NC(=O)c1ccc(COc2ccc(F)cc2)o1. The number of carbonyl (C=O) groups is 1. The molecule has 1 aromatic heterocycles. The summed E-state index contributed by atoms with van der Waals surface area (Å²) in [5, 5.41) is 0. The molecule has 0 saturated heterocycles. The molecule has 0 saturated carbocycles. The van der Waals surface area contributed by atoms with Crippen molar-refractivity contribution in [2.24, 2.45) is 5.41 Å². The van der Waals surface area contributed by atoms with Crippen LogP contribution < -0.4 is 9.46 Å². The van der Waals surface area contributed by atoms with Crippen molar-refractivity contribution < 1.29 is 26.8 Å². The predicted molar refractivity (Wildman–Crippen MR) is 94.8 cm³/mol. The topological polar surface area (TPSA) is 85.6 Å². The molecule has 0 atom stereocenters. The van der Waals surface area contributed by atoms with E-state index in [2.05, 4.69) is 0 Å². The number of benzene rings is 1. The van der Waals surface area contributed by atoms with E-state index in [4.69, 9.17) is 9.15 Å². The van der Waals surface area contributed by atoms with E-state index < -0.39 is 15.9 Å². The fourth-order valence-electron chi connectivity index (χ4n) is 1.95. The molecule has 0 unspecified atom stereocenters. The first-order valence-electron chi connectivity index (χ1n) is 8.06. The van der Waals surface area contributed by atoms with Crippen LogP contribution in [-0.4, -0.2) is 20.1 Å². The Labute approximate surface area is 152 Å². The van der Waals surface area contributed by atoms with Gasteiger partial charge in [-0.1, -0.05) is 20.8 Å². The minimum absolute atomic E-state index is 0.0235. The monoisotopic (exact) mass is 383 g/mol. The number of hydrogen-bond donors (Lipinski definition) is 1. The summed E-state index contributed by atoms with van der Waals surface area (Å²) in [4.78, 5) is 12.0. The van der Waals surface area contributed by atoms with Gasteiger partial charge in [-0.3, -0.25) is 4.79 Å². The van der Waals surface area contributed by atoms with Gasteiger partial charge in [-0.15, -0.1) is 0 Å². The van der Waals surface area contributed by atoms with E-state index >= 15 is 0 Å². The van der Waals surface area contributed by atoms with Crippen LogP contribution in [0, 0.1) is 11.2 Å². The van der Waals surface area contributed by atoms with Gasteiger partial charge in [0.15, 0.2) is 5.76 Å². The zero-order chi connectivity index (χ0) is 19.4. The largest absolute Gasteiger partial charge is 0.486 e. The molecule has 8 heteroatoms. The third-order valence-corrected chi connectivity index (χ3v) is 4.69. The molecule has 0 aliphatic heterocycles. The third-order valence-electron chi connectivity index (χ3n) is 3.45. The van der Waals surface area contributed by atoms with Crippen molar-refractivity contribution in [3.63, 3.8) is 0 Å². The normalized spacial score (nSPS) is 12.0. The Hall–Kier alpha value is -2.35. The van der Waals surface area contributed by atoms with Gasteiger partial charge < -0.3 is 9.15 Å². The van der Waals surface area contributed by atoms with Crippen LogP contribution in [0.4, 0.5) is 4.39 Å². The van der Waals surface area contributed by atoms with Crippen LogP contribution in [0.2, 0.25) is 0 Å². The van der Waals surface area contributed by atoms with Gasteiger partial charge >= 0.3 is 0 Å². The highest BCUT2D eigenvalue weighted by Gasteiger charge is 2.21. The number of hydrogen-bond acceptors (Lipinski definition) is 5. The number of rotatable bonds is 7. The highest BCUT2D eigenvalue weighted by molar-refractivity contribution is 7.90. The highest BCUT2D eigenvalue weighted by Crippen LogP contribution is 2.19. The van der Waals surface area contributed by atoms with Gasteiger partial charge in [0.1, 0.15) is 23.9 Å². The second-order valence-electron chi connectivity index (χ2n) is 7.07. The van der Waals surface area contributed by atoms with Crippen LogP contribution in [0.15, 0.2) is 40.8 Å². The Kier molecular flexibility index (Phi) is 6.07. The smallest absolute Gasteiger partial charge is 0.300 e. The summed E-state index contributed by atoms with van der Waals surface area (Å²) in [7, 11) is -3.74. The Bertz CT molecular complexity index is 850. The molecule has 1 heterocycles. The summed E-state index contributed by atoms with van der Waals surface area (Å²) >= 11 is 0. The van der Waals surface area contributed by atoms with Crippen molar-refractivity contribution in [3.8, 4) is 5.75 Å². The Morgan fingerprint density at radius 3 is 2.42 bits per heavy atom. The summed E-state index contributed by atoms with van der Waals surface area (Å²) in [5.74, 6) is -0.690. The number of nitrogens with one attached hydrogen (secondary N) is 1. The molecule has 2 aromatic rings. The third kappa shape index (κ3) is 6.51. The summed E-state index contributed by atoms with van der Waals surface area (Å²) in [6.07, 6.45) is 0.421. The van der Waals surface area contributed by atoms with Crippen molar-refractivity contribution >= 4 is 15.9 Å². The van der Waals surface area contributed by atoms with Crippen molar-refractivity contribution in [2.75, 3.05) is 5.75 Å². The lowest BCUT2D eigenvalue weighted by molar-refractivity contribution is 0.0950.